The van der Waals surface area contributed by atoms with Gasteiger partial charge in [0, 0.05) is 28.7 Å². The first-order valence-electron chi connectivity index (χ1n) is 7.39. The normalized spacial score (nSPS) is 29.4. The Bertz CT molecular complexity index is 474. The van der Waals surface area contributed by atoms with Gasteiger partial charge >= 0.3 is 0 Å². The van der Waals surface area contributed by atoms with Crippen LogP contribution in [0.5, 0.6) is 0 Å². The number of halogens is 1. The topological polar surface area (TPSA) is 32.3 Å². The first-order valence-corrected chi connectivity index (χ1v) is 8.18. The van der Waals surface area contributed by atoms with E-state index in [0.717, 1.165) is 28.7 Å². The molecular weight excluding hydrogens is 316 g/mol. The smallest absolute Gasteiger partial charge is 0.251 e. The quantitative estimate of drug-likeness (QED) is 0.919. The fraction of sp³-hybridized carbons (Fsp3) is 0.562. The van der Waals surface area contributed by atoms with Crippen LogP contribution in [-0.2, 0) is 0 Å². The standard InChI is InChI=1S/C16H21BrN2O/c1-19-14-6-7-15(19)9-11(8-14)10-18-16(20)12-2-4-13(17)5-3-12/h2-5,11,14-15H,6-10H2,1H3,(H,18,20). The highest BCUT2D eigenvalue weighted by Crippen LogP contribution is 2.37. The van der Waals surface area contributed by atoms with Crippen molar-refractivity contribution in [1.29, 1.82) is 0 Å². The van der Waals surface area contributed by atoms with Crippen molar-refractivity contribution in [3.05, 3.63) is 34.3 Å². The Morgan fingerprint density at radius 3 is 2.45 bits per heavy atom. The molecule has 3 rings (SSSR count). The minimum absolute atomic E-state index is 0.0452. The van der Waals surface area contributed by atoms with Gasteiger partial charge in [0.05, 0.1) is 0 Å². The van der Waals surface area contributed by atoms with Gasteiger partial charge in [-0.3, -0.25) is 4.79 Å². The van der Waals surface area contributed by atoms with E-state index in [1.54, 1.807) is 0 Å². The Kier molecular flexibility index (Phi) is 4.13. The summed E-state index contributed by atoms with van der Waals surface area (Å²) in [6.45, 7) is 0.815. The maximum Gasteiger partial charge on any atom is 0.251 e. The molecule has 1 N–H and O–H groups in total. The van der Waals surface area contributed by atoms with Crippen LogP contribution in [0.4, 0.5) is 0 Å². The van der Waals surface area contributed by atoms with E-state index in [0.29, 0.717) is 5.92 Å². The summed E-state index contributed by atoms with van der Waals surface area (Å²) >= 11 is 3.39. The molecule has 2 heterocycles. The lowest BCUT2D eigenvalue weighted by atomic mass is 9.91. The zero-order valence-corrected chi connectivity index (χ0v) is 13.4. The highest BCUT2D eigenvalue weighted by Gasteiger charge is 2.38. The summed E-state index contributed by atoms with van der Waals surface area (Å²) in [5.74, 6) is 0.687. The van der Waals surface area contributed by atoms with Crippen molar-refractivity contribution in [3.8, 4) is 0 Å². The second-order valence-corrected chi connectivity index (χ2v) is 7.02. The number of rotatable bonds is 3. The highest BCUT2D eigenvalue weighted by atomic mass is 79.9. The molecule has 2 unspecified atom stereocenters. The summed E-state index contributed by atoms with van der Waals surface area (Å²) in [5.41, 5.74) is 0.740. The number of nitrogens with one attached hydrogen (secondary N) is 1. The van der Waals surface area contributed by atoms with Crippen molar-refractivity contribution in [3.63, 3.8) is 0 Å². The number of hydrogen-bond acceptors (Lipinski definition) is 2. The van der Waals surface area contributed by atoms with Crippen LogP contribution in [0.25, 0.3) is 0 Å². The molecule has 2 aliphatic rings. The van der Waals surface area contributed by atoms with Gasteiger partial charge in [0.2, 0.25) is 0 Å². The largest absolute Gasteiger partial charge is 0.352 e. The van der Waals surface area contributed by atoms with Gasteiger partial charge in [-0.2, -0.15) is 0 Å². The zero-order chi connectivity index (χ0) is 14.1. The van der Waals surface area contributed by atoms with Gasteiger partial charge in [-0.05, 0) is 62.9 Å². The predicted octanol–water partition coefficient (Wildman–Crippen LogP) is 3.05. The minimum atomic E-state index is 0.0452. The molecular formula is C16H21BrN2O. The molecule has 0 spiro atoms. The van der Waals surface area contributed by atoms with E-state index < -0.39 is 0 Å². The number of carbonyl (C=O) groups excluding carboxylic acids is 1. The number of amides is 1. The van der Waals surface area contributed by atoms with Gasteiger partial charge in [-0.25, -0.2) is 0 Å². The lowest BCUT2D eigenvalue weighted by Gasteiger charge is -2.36. The fourth-order valence-corrected chi connectivity index (χ4v) is 3.90. The van der Waals surface area contributed by atoms with E-state index in [1.807, 2.05) is 24.3 Å². The van der Waals surface area contributed by atoms with E-state index in [4.69, 9.17) is 0 Å². The molecule has 2 atom stereocenters. The third-order valence-electron chi connectivity index (χ3n) is 4.85. The van der Waals surface area contributed by atoms with E-state index in [1.165, 1.54) is 25.7 Å². The molecule has 2 fully saturated rings. The molecule has 108 valence electrons. The molecule has 2 aliphatic heterocycles. The minimum Gasteiger partial charge on any atom is -0.352 e. The van der Waals surface area contributed by atoms with Crippen molar-refractivity contribution in [2.45, 2.75) is 37.8 Å². The van der Waals surface area contributed by atoms with Gasteiger partial charge in [-0.15, -0.1) is 0 Å². The van der Waals surface area contributed by atoms with E-state index in [9.17, 15) is 4.79 Å². The second-order valence-electron chi connectivity index (χ2n) is 6.10. The maximum absolute atomic E-state index is 12.1. The van der Waals surface area contributed by atoms with Crippen LogP contribution >= 0.6 is 15.9 Å². The number of carbonyl (C=O) groups is 1. The van der Waals surface area contributed by atoms with E-state index >= 15 is 0 Å². The lowest BCUT2D eigenvalue weighted by molar-refractivity contribution is 0.0917. The van der Waals surface area contributed by atoms with Crippen LogP contribution in [0.15, 0.2) is 28.7 Å². The highest BCUT2D eigenvalue weighted by molar-refractivity contribution is 9.10. The van der Waals surface area contributed by atoms with Crippen molar-refractivity contribution in [2.75, 3.05) is 13.6 Å². The molecule has 0 saturated carbocycles. The fourth-order valence-electron chi connectivity index (χ4n) is 3.63. The van der Waals surface area contributed by atoms with E-state index in [-0.39, 0.29) is 5.91 Å². The molecule has 3 nitrogen and oxygen atoms in total. The number of fused-ring (bicyclic) bond motifs is 2. The number of nitrogens with zero attached hydrogens (tertiary/aromatic N) is 1. The van der Waals surface area contributed by atoms with Crippen LogP contribution in [0.3, 0.4) is 0 Å². The summed E-state index contributed by atoms with van der Waals surface area (Å²) < 4.78 is 1.00. The summed E-state index contributed by atoms with van der Waals surface area (Å²) in [7, 11) is 2.25. The molecule has 4 heteroatoms. The first-order chi connectivity index (χ1) is 9.63. The van der Waals surface area contributed by atoms with Gasteiger partial charge in [-0.1, -0.05) is 15.9 Å². The van der Waals surface area contributed by atoms with Gasteiger partial charge in [0.15, 0.2) is 0 Å². The summed E-state index contributed by atoms with van der Waals surface area (Å²) in [5, 5.41) is 3.10. The molecule has 1 amide bonds. The van der Waals surface area contributed by atoms with Crippen molar-refractivity contribution < 1.29 is 4.79 Å². The molecule has 1 aromatic rings. The molecule has 2 bridgehead atoms. The molecule has 2 saturated heterocycles. The average molecular weight is 337 g/mol. The lowest BCUT2D eigenvalue weighted by Crippen LogP contribution is -2.43. The Morgan fingerprint density at radius 2 is 1.85 bits per heavy atom. The molecule has 1 aromatic carbocycles. The second kappa shape index (κ2) is 5.86. The summed E-state index contributed by atoms with van der Waals surface area (Å²) in [6, 6.07) is 9.01. The van der Waals surface area contributed by atoms with Crippen molar-refractivity contribution in [1.82, 2.24) is 10.2 Å². The van der Waals surface area contributed by atoms with Crippen LogP contribution in [0, 0.1) is 5.92 Å². The molecule has 0 aliphatic carbocycles. The van der Waals surface area contributed by atoms with Gasteiger partial charge < -0.3 is 10.2 Å². The Morgan fingerprint density at radius 1 is 1.25 bits per heavy atom. The Hall–Kier alpha value is -0.870. The van der Waals surface area contributed by atoms with Crippen LogP contribution in [0.1, 0.15) is 36.0 Å². The molecule has 0 aromatic heterocycles. The van der Waals surface area contributed by atoms with Gasteiger partial charge in [0.25, 0.3) is 5.91 Å². The Balaban J connectivity index is 1.52. The third-order valence-corrected chi connectivity index (χ3v) is 5.38. The molecule has 20 heavy (non-hydrogen) atoms. The summed E-state index contributed by atoms with van der Waals surface area (Å²) in [6.07, 6.45) is 5.12. The summed E-state index contributed by atoms with van der Waals surface area (Å²) in [4.78, 5) is 14.6. The van der Waals surface area contributed by atoms with Crippen LogP contribution < -0.4 is 5.32 Å². The SMILES string of the molecule is CN1C2CCC1CC(CNC(=O)c1ccc(Br)cc1)C2. The Labute approximate surface area is 128 Å². The number of piperidine rings is 1. The number of benzene rings is 1. The number of hydrogen-bond donors (Lipinski definition) is 1. The third kappa shape index (κ3) is 2.91. The maximum atomic E-state index is 12.1. The monoisotopic (exact) mass is 336 g/mol. The van der Waals surface area contributed by atoms with Crippen LogP contribution in [-0.4, -0.2) is 36.5 Å². The molecule has 0 radical (unpaired) electrons. The van der Waals surface area contributed by atoms with Crippen LogP contribution in [0.2, 0.25) is 0 Å². The zero-order valence-electron chi connectivity index (χ0n) is 11.8. The van der Waals surface area contributed by atoms with Gasteiger partial charge in [0.1, 0.15) is 0 Å². The first kappa shape index (κ1) is 14.1. The van der Waals surface area contributed by atoms with E-state index in [2.05, 4.69) is 33.2 Å². The predicted molar refractivity (Wildman–Crippen MR) is 83.8 cm³/mol. The average Bonchev–Trinajstić information content (AvgIpc) is 2.66. The van der Waals surface area contributed by atoms with Crippen molar-refractivity contribution >= 4 is 21.8 Å². The van der Waals surface area contributed by atoms with Crippen molar-refractivity contribution in [2.24, 2.45) is 5.92 Å².